The van der Waals surface area contributed by atoms with Gasteiger partial charge in [-0.2, -0.15) is 0 Å². The minimum Gasteiger partial charge on any atom is -0.495 e. The lowest BCUT2D eigenvalue weighted by atomic mass is 10.1. The summed E-state index contributed by atoms with van der Waals surface area (Å²) in [5.41, 5.74) is 1.56. The van der Waals surface area contributed by atoms with Gasteiger partial charge in [-0.25, -0.2) is 8.42 Å². The lowest BCUT2D eigenvalue weighted by Gasteiger charge is -2.14. The Bertz CT molecular complexity index is 1080. The highest BCUT2D eigenvalue weighted by molar-refractivity contribution is 7.92. The first-order valence-electron chi connectivity index (χ1n) is 9.08. The second-order valence-corrected chi connectivity index (χ2v) is 7.94. The minimum absolute atomic E-state index is 0.00166. The van der Waals surface area contributed by atoms with Crippen molar-refractivity contribution in [2.24, 2.45) is 0 Å². The van der Waals surface area contributed by atoms with Gasteiger partial charge in [0.2, 0.25) is 0 Å². The predicted octanol–water partition coefficient (Wildman–Crippen LogP) is 3.47. The maximum Gasteiger partial charge on any atom is 0.265 e. The van der Waals surface area contributed by atoms with E-state index in [9.17, 15) is 13.2 Å². The van der Waals surface area contributed by atoms with Crippen LogP contribution in [0.4, 0.5) is 5.69 Å². The highest BCUT2D eigenvalue weighted by Crippen LogP contribution is 2.26. The van der Waals surface area contributed by atoms with Crippen LogP contribution in [0.3, 0.4) is 0 Å². The molecule has 150 valence electrons. The van der Waals surface area contributed by atoms with Crippen molar-refractivity contribution in [2.75, 3.05) is 18.4 Å². The first kappa shape index (κ1) is 20.4. The number of benzene rings is 3. The Morgan fingerprint density at radius 2 is 1.55 bits per heavy atom. The maximum absolute atomic E-state index is 12.8. The van der Waals surface area contributed by atoms with E-state index in [1.165, 1.54) is 13.2 Å². The molecule has 3 rings (SSSR count). The first-order valence-corrected chi connectivity index (χ1v) is 10.6. The molecular weight excluding hydrogens is 388 g/mol. The van der Waals surface area contributed by atoms with Crippen molar-refractivity contribution in [2.45, 2.75) is 11.3 Å². The summed E-state index contributed by atoms with van der Waals surface area (Å²) < 4.78 is 33.3. The molecule has 3 aromatic rings. The molecule has 0 aliphatic carbocycles. The molecule has 0 fully saturated rings. The number of ether oxygens (including phenoxy) is 1. The third-order valence-electron chi connectivity index (χ3n) is 4.32. The van der Waals surface area contributed by atoms with Gasteiger partial charge in [0.25, 0.3) is 15.9 Å². The number of nitrogens with one attached hydrogen (secondary N) is 2. The van der Waals surface area contributed by atoms with Gasteiger partial charge >= 0.3 is 0 Å². The number of hydrogen-bond donors (Lipinski definition) is 2. The molecule has 3 aromatic carbocycles. The Morgan fingerprint density at radius 3 is 2.31 bits per heavy atom. The Kier molecular flexibility index (Phi) is 6.51. The van der Waals surface area contributed by atoms with E-state index < -0.39 is 10.0 Å². The number of carbonyl (C=O) groups excluding carboxylic acids is 1. The van der Waals surface area contributed by atoms with Crippen LogP contribution in [0, 0.1) is 0 Å². The van der Waals surface area contributed by atoms with Crippen molar-refractivity contribution in [3.8, 4) is 5.75 Å². The average Bonchev–Trinajstić information content (AvgIpc) is 2.74. The third-order valence-corrected chi connectivity index (χ3v) is 5.72. The summed E-state index contributed by atoms with van der Waals surface area (Å²) in [5, 5.41) is 2.84. The molecule has 6 nitrogen and oxygen atoms in total. The van der Waals surface area contributed by atoms with Crippen molar-refractivity contribution in [3.05, 3.63) is 90.0 Å². The number of anilines is 1. The molecule has 0 unspecified atom stereocenters. The van der Waals surface area contributed by atoms with Gasteiger partial charge in [-0.3, -0.25) is 9.52 Å². The molecule has 1 amide bonds. The Labute approximate surface area is 170 Å². The summed E-state index contributed by atoms with van der Waals surface area (Å²) in [7, 11) is -2.53. The van der Waals surface area contributed by atoms with Crippen molar-refractivity contribution in [3.63, 3.8) is 0 Å². The lowest BCUT2D eigenvalue weighted by molar-refractivity contribution is 0.0955. The smallest absolute Gasteiger partial charge is 0.265 e. The average molecular weight is 410 g/mol. The van der Waals surface area contributed by atoms with Crippen molar-refractivity contribution < 1.29 is 17.9 Å². The zero-order valence-electron chi connectivity index (χ0n) is 16.0. The molecule has 2 N–H and O–H groups in total. The number of hydrogen-bond acceptors (Lipinski definition) is 4. The first-order chi connectivity index (χ1) is 14.0. The maximum atomic E-state index is 12.8. The van der Waals surface area contributed by atoms with Gasteiger partial charge in [0.05, 0.1) is 18.4 Å². The standard InChI is InChI=1S/C22H22N2O4S/c1-28-20-13-7-8-14-21(20)29(26,27)24-19-12-6-5-11-18(19)22(25)23-16-15-17-9-3-2-4-10-17/h2-14,24H,15-16H2,1H3,(H,23,25). The second kappa shape index (κ2) is 9.25. The largest absolute Gasteiger partial charge is 0.495 e. The molecule has 0 spiro atoms. The molecule has 0 saturated carbocycles. The van der Waals surface area contributed by atoms with E-state index >= 15 is 0 Å². The van der Waals surface area contributed by atoms with Gasteiger partial charge < -0.3 is 10.1 Å². The van der Waals surface area contributed by atoms with Crippen LogP contribution >= 0.6 is 0 Å². The van der Waals surface area contributed by atoms with Crippen LogP contribution in [0.1, 0.15) is 15.9 Å². The molecule has 0 heterocycles. The molecule has 0 aliphatic heterocycles. The molecule has 0 aliphatic rings. The summed E-state index contributed by atoms with van der Waals surface area (Å²) >= 11 is 0. The van der Waals surface area contributed by atoms with Crippen molar-refractivity contribution in [1.29, 1.82) is 0 Å². The summed E-state index contributed by atoms with van der Waals surface area (Å²) in [6, 6.07) is 22.6. The molecule has 0 radical (unpaired) electrons. The molecule has 29 heavy (non-hydrogen) atoms. The number of methoxy groups -OCH3 is 1. The fourth-order valence-corrected chi connectivity index (χ4v) is 4.12. The SMILES string of the molecule is COc1ccccc1S(=O)(=O)Nc1ccccc1C(=O)NCCc1ccccc1. The minimum atomic E-state index is -3.93. The quantitative estimate of drug-likeness (QED) is 0.596. The molecule has 0 saturated heterocycles. The van der Waals surface area contributed by atoms with Gasteiger partial charge in [0.15, 0.2) is 0 Å². The van der Waals surface area contributed by atoms with Gasteiger partial charge in [-0.1, -0.05) is 54.6 Å². The van der Waals surface area contributed by atoms with Crippen LogP contribution in [0.5, 0.6) is 5.75 Å². The van der Waals surface area contributed by atoms with Crippen molar-refractivity contribution >= 4 is 21.6 Å². The van der Waals surface area contributed by atoms with Crippen LogP contribution in [0.25, 0.3) is 0 Å². The third kappa shape index (κ3) is 5.14. The fourth-order valence-electron chi connectivity index (χ4n) is 2.87. The number of amides is 1. The Balaban J connectivity index is 1.75. The van der Waals surface area contributed by atoms with Crippen LogP contribution in [-0.2, 0) is 16.4 Å². The van der Waals surface area contributed by atoms with Crippen LogP contribution in [0.15, 0.2) is 83.8 Å². The second-order valence-electron chi connectivity index (χ2n) is 6.29. The van der Waals surface area contributed by atoms with E-state index in [4.69, 9.17) is 4.74 Å². The van der Waals surface area contributed by atoms with Crippen LogP contribution in [0.2, 0.25) is 0 Å². The van der Waals surface area contributed by atoms with E-state index in [1.54, 1.807) is 42.5 Å². The fraction of sp³-hybridized carbons (Fsp3) is 0.136. The summed E-state index contributed by atoms with van der Waals surface area (Å²) in [5.74, 6) is -0.121. The van der Waals surface area contributed by atoms with Crippen LogP contribution in [-0.4, -0.2) is 28.0 Å². The highest BCUT2D eigenvalue weighted by Gasteiger charge is 2.21. The monoisotopic (exact) mass is 410 g/mol. The van der Waals surface area contributed by atoms with Crippen LogP contribution < -0.4 is 14.8 Å². The normalized spacial score (nSPS) is 10.9. The Morgan fingerprint density at radius 1 is 0.897 bits per heavy atom. The predicted molar refractivity (Wildman–Crippen MR) is 113 cm³/mol. The number of carbonyl (C=O) groups is 1. The number of rotatable bonds is 8. The van der Waals surface area contributed by atoms with Crippen molar-refractivity contribution in [1.82, 2.24) is 5.32 Å². The van der Waals surface area contributed by atoms with Gasteiger partial charge in [-0.15, -0.1) is 0 Å². The van der Waals surface area contributed by atoms with Gasteiger partial charge in [-0.05, 0) is 36.2 Å². The molecule has 0 atom stereocenters. The van der Waals surface area contributed by atoms with E-state index in [0.717, 1.165) is 5.56 Å². The molecule has 0 aromatic heterocycles. The number of para-hydroxylation sites is 2. The number of sulfonamides is 1. The van der Waals surface area contributed by atoms with E-state index in [2.05, 4.69) is 10.0 Å². The highest BCUT2D eigenvalue weighted by atomic mass is 32.2. The Hall–Kier alpha value is -3.32. The summed E-state index contributed by atoms with van der Waals surface area (Å²) in [4.78, 5) is 12.6. The molecular formula is C22H22N2O4S. The molecule has 7 heteroatoms. The van der Waals surface area contributed by atoms with Gasteiger partial charge in [0, 0.05) is 6.54 Å². The summed E-state index contributed by atoms with van der Waals surface area (Å²) in [6.07, 6.45) is 0.682. The zero-order chi connectivity index (χ0) is 20.7. The van der Waals surface area contributed by atoms with E-state index in [1.807, 2.05) is 30.3 Å². The molecule has 0 bridgehead atoms. The van der Waals surface area contributed by atoms with Gasteiger partial charge in [0.1, 0.15) is 10.6 Å². The topological polar surface area (TPSA) is 84.5 Å². The summed E-state index contributed by atoms with van der Waals surface area (Å²) in [6.45, 7) is 0.441. The van der Waals surface area contributed by atoms with E-state index in [-0.39, 0.29) is 27.8 Å². The van der Waals surface area contributed by atoms with E-state index in [0.29, 0.717) is 13.0 Å². The zero-order valence-corrected chi connectivity index (χ0v) is 16.8. The lowest BCUT2D eigenvalue weighted by Crippen LogP contribution is -2.27.